The van der Waals surface area contributed by atoms with Gasteiger partial charge in [-0.25, -0.2) is 4.79 Å². The average molecular weight is 307 g/mol. The maximum Gasteiger partial charge on any atom is 0.339 e. The minimum atomic E-state index is -0.516. The predicted octanol–water partition coefficient (Wildman–Crippen LogP) is 5.35. The molecule has 2 unspecified atom stereocenters. The highest BCUT2D eigenvalue weighted by molar-refractivity contribution is 6.32. The van der Waals surface area contributed by atoms with Crippen molar-refractivity contribution in [1.29, 1.82) is 0 Å². The second-order valence-corrected chi connectivity index (χ2v) is 7.15. The first kappa shape index (κ1) is 16.1. The molecular formula is C18H23ClO2. The lowest BCUT2D eigenvalue weighted by Crippen LogP contribution is -2.24. The monoisotopic (exact) mass is 306 g/mol. The van der Waals surface area contributed by atoms with Crippen LogP contribution in [-0.4, -0.2) is 11.6 Å². The summed E-state index contributed by atoms with van der Waals surface area (Å²) in [6, 6.07) is 5.11. The molecule has 0 amide bonds. The van der Waals surface area contributed by atoms with Gasteiger partial charge in [0.1, 0.15) is 5.60 Å². The number of hydrogen-bond acceptors (Lipinski definition) is 2. The molecule has 114 valence electrons. The van der Waals surface area contributed by atoms with E-state index in [2.05, 4.69) is 6.58 Å². The Bertz CT molecular complexity index is 531. The van der Waals surface area contributed by atoms with E-state index in [9.17, 15) is 4.79 Å². The molecule has 21 heavy (non-hydrogen) atoms. The highest BCUT2D eigenvalue weighted by atomic mass is 35.5. The van der Waals surface area contributed by atoms with E-state index in [0.29, 0.717) is 16.1 Å². The third kappa shape index (κ3) is 4.34. The first-order chi connectivity index (χ1) is 9.81. The number of carbonyl (C=O) groups excluding carboxylic acids is 1. The molecule has 3 rings (SSSR count). The number of hydrogen-bond donors (Lipinski definition) is 0. The molecule has 2 fully saturated rings. The number of fused-ring (bicyclic) bond motifs is 1. The molecule has 1 aromatic carbocycles. The molecule has 0 aliphatic heterocycles. The fourth-order valence-corrected chi connectivity index (χ4v) is 2.69. The fraction of sp³-hybridized carbons (Fsp3) is 0.500. The van der Waals surface area contributed by atoms with E-state index in [0.717, 1.165) is 0 Å². The van der Waals surface area contributed by atoms with Gasteiger partial charge in [-0.05, 0) is 64.0 Å². The Balaban J connectivity index is 0.000000262. The zero-order chi connectivity index (χ0) is 15.6. The lowest BCUT2D eigenvalue weighted by molar-refractivity contribution is 0.00693. The summed E-state index contributed by atoms with van der Waals surface area (Å²) in [5.41, 5.74) is 0.536. The molecule has 0 heterocycles. The second-order valence-electron chi connectivity index (χ2n) is 6.74. The summed E-state index contributed by atoms with van der Waals surface area (Å²) in [6.07, 6.45) is 6.26. The van der Waals surface area contributed by atoms with E-state index < -0.39 is 5.60 Å². The molecule has 0 bridgehead atoms. The first-order valence-electron chi connectivity index (χ1n) is 7.46. The van der Waals surface area contributed by atoms with E-state index in [-0.39, 0.29) is 5.97 Å². The minimum absolute atomic E-state index is 0.384. The van der Waals surface area contributed by atoms with Crippen LogP contribution in [0, 0.1) is 11.8 Å². The molecule has 2 atom stereocenters. The van der Waals surface area contributed by atoms with Crippen molar-refractivity contribution in [2.75, 3.05) is 0 Å². The van der Waals surface area contributed by atoms with Crippen molar-refractivity contribution < 1.29 is 9.53 Å². The molecular weight excluding hydrogens is 284 g/mol. The van der Waals surface area contributed by atoms with Gasteiger partial charge >= 0.3 is 5.97 Å². The molecule has 1 aromatic rings. The first-order valence-corrected chi connectivity index (χ1v) is 7.84. The van der Waals surface area contributed by atoms with Crippen molar-refractivity contribution in [2.24, 2.45) is 11.8 Å². The Labute approximate surface area is 132 Å². The van der Waals surface area contributed by atoms with Gasteiger partial charge in [0.15, 0.2) is 0 Å². The Kier molecular flexibility index (Phi) is 4.77. The standard InChI is InChI=1S/C13H15ClO2.C5H8/c1-5-9-10(7-6-8-11(9)14)12(15)16-13(2,3)4;1-2-5-3-4(1)5/h5-8H,1H2,2-4H3;4-5H,1-3H2. The quantitative estimate of drug-likeness (QED) is 0.688. The third-order valence-electron chi connectivity index (χ3n) is 3.85. The summed E-state index contributed by atoms with van der Waals surface area (Å²) in [5, 5.41) is 0.498. The van der Waals surface area contributed by atoms with Crippen LogP contribution in [0.1, 0.15) is 56.0 Å². The second kappa shape index (κ2) is 6.23. The fourth-order valence-electron chi connectivity index (χ4n) is 2.44. The normalized spacial score (nSPS) is 22.1. The van der Waals surface area contributed by atoms with Gasteiger partial charge in [0.2, 0.25) is 0 Å². The van der Waals surface area contributed by atoms with Crippen LogP contribution in [0.2, 0.25) is 5.02 Å². The molecule has 2 nitrogen and oxygen atoms in total. The van der Waals surface area contributed by atoms with E-state index in [1.54, 1.807) is 43.5 Å². The zero-order valence-corrected chi connectivity index (χ0v) is 13.7. The van der Waals surface area contributed by atoms with Gasteiger partial charge in [-0.15, -0.1) is 0 Å². The van der Waals surface area contributed by atoms with Gasteiger partial charge in [-0.3, -0.25) is 0 Å². The maximum absolute atomic E-state index is 11.9. The van der Waals surface area contributed by atoms with E-state index in [4.69, 9.17) is 16.3 Å². The van der Waals surface area contributed by atoms with Crippen LogP contribution in [0.15, 0.2) is 24.8 Å². The lowest BCUT2D eigenvalue weighted by Gasteiger charge is -2.20. The Hall–Kier alpha value is -1.28. The number of benzene rings is 1. The van der Waals surface area contributed by atoms with E-state index >= 15 is 0 Å². The van der Waals surface area contributed by atoms with Crippen molar-refractivity contribution in [1.82, 2.24) is 0 Å². The largest absolute Gasteiger partial charge is 0.456 e. The molecule has 2 saturated carbocycles. The van der Waals surface area contributed by atoms with Crippen molar-refractivity contribution >= 4 is 23.6 Å². The van der Waals surface area contributed by atoms with Crippen molar-refractivity contribution in [3.63, 3.8) is 0 Å². The van der Waals surface area contributed by atoms with Gasteiger partial charge in [-0.2, -0.15) is 0 Å². The Morgan fingerprint density at radius 2 is 1.95 bits per heavy atom. The molecule has 3 heteroatoms. The Morgan fingerprint density at radius 3 is 2.33 bits per heavy atom. The van der Waals surface area contributed by atoms with Crippen LogP contribution in [0.25, 0.3) is 6.08 Å². The van der Waals surface area contributed by atoms with E-state index in [1.807, 2.05) is 20.8 Å². The summed E-state index contributed by atoms with van der Waals surface area (Å²) in [5.74, 6) is 2.08. The number of ether oxygens (including phenoxy) is 1. The van der Waals surface area contributed by atoms with E-state index in [1.165, 1.54) is 11.8 Å². The average Bonchev–Trinajstić information content (AvgIpc) is 2.94. The van der Waals surface area contributed by atoms with Crippen molar-refractivity contribution in [3.8, 4) is 0 Å². The molecule has 2 aliphatic rings. The van der Waals surface area contributed by atoms with Crippen LogP contribution in [0.3, 0.4) is 0 Å². The van der Waals surface area contributed by atoms with Crippen LogP contribution >= 0.6 is 11.6 Å². The molecule has 0 radical (unpaired) electrons. The predicted molar refractivity (Wildman–Crippen MR) is 87.5 cm³/mol. The number of esters is 1. The summed E-state index contributed by atoms with van der Waals surface area (Å²) >= 11 is 5.97. The summed E-state index contributed by atoms with van der Waals surface area (Å²) in [7, 11) is 0. The molecule has 0 aromatic heterocycles. The summed E-state index contributed by atoms with van der Waals surface area (Å²) < 4.78 is 5.28. The molecule has 2 aliphatic carbocycles. The highest BCUT2D eigenvalue weighted by Gasteiger charge is 2.44. The van der Waals surface area contributed by atoms with Gasteiger partial charge in [0.25, 0.3) is 0 Å². The van der Waals surface area contributed by atoms with Gasteiger partial charge < -0.3 is 4.74 Å². The summed E-state index contributed by atoms with van der Waals surface area (Å²) in [4.78, 5) is 11.9. The lowest BCUT2D eigenvalue weighted by atomic mass is 10.0. The third-order valence-corrected chi connectivity index (χ3v) is 4.18. The highest BCUT2D eigenvalue weighted by Crippen LogP contribution is 2.55. The van der Waals surface area contributed by atoms with Crippen LogP contribution in [0.5, 0.6) is 0 Å². The topological polar surface area (TPSA) is 26.3 Å². The number of halogens is 1. The van der Waals surface area contributed by atoms with Gasteiger partial charge in [0, 0.05) is 10.6 Å². The smallest absolute Gasteiger partial charge is 0.339 e. The van der Waals surface area contributed by atoms with Gasteiger partial charge in [0.05, 0.1) is 5.56 Å². The summed E-state index contributed by atoms with van der Waals surface area (Å²) in [6.45, 7) is 9.11. The maximum atomic E-state index is 11.9. The van der Waals surface area contributed by atoms with Gasteiger partial charge in [-0.1, -0.05) is 30.3 Å². The molecule has 0 N–H and O–H groups in total. The SMILES string of the molecule is C1CC2CC12.C=Cc1c(Cl)cccc1C(=O)OC(C)(C)C. The number of carbonyl (C=O) groups is 1. The molecule has 0 saturated heterocycles. The van der Waals surface area contributed by atoms with Crippen LogP contribution < -0.4 is 0 Å². The van der Waals surface area contributed by atoms with Crippen LogP contribution in [-0.2, 0) is 4.74 Å². The zero-order valence-electron chi connectivity index (χ0n) is 13.0. The van der Waals surface area contributed by atoms with Crippen molar-refractivity contribution in [2.45, 2.75) is 45.6 Å². The number of rotatable bonds is 2. The van der Waals surface area contributed by atoms with Crippen molar-refractivity contribution in [3.05, 3.63) is 40.9 Å². The Morgan fingerprint density at radius 1 is 1.33 bits per heavy atom. The van der Waals surface area contributed by atoms with Crippen LogP contribution in [0.4, 0.5) is 0 Å². The minimum Gasteiger partial charge on any atom is -0.456 e. The molecule has 0 spiro atoms.